The number of hydrogen-bond acceptors (Lipinski definition) is 4. The van der Waals surface area contributed by atoms with Crippen LogP contribution in [0.5, 0.6) is 0 Å². The highest BCUT2D eigenvalue weighted by molar-refractivity contribution is 9.10. The summed E-state index contributed by atoms with van der Waals surface area (Å²) in [7, 11) is -2.43. The maximum absolute atomic E-state index is 12.4. The molecule has 0 aliphatic heterocycles. The molecule has 0 unspecified atom stereocenters. The summed E-state index contributed by atoms with van der Waals surface area (Å²) in [5, 5.41) is 0.300. The molecule has 8 heteroatoms. The Balaban J connectivity index is 2.25. The number of sulfonamides is 1. The van der Waals surface area contributed by atoms with Crippen molar-refractivity contribution in [3.8, 4) is 0 Å². The van der Waals surface area contributed by atoms with Gasteiger partial charge in [0.05, 0.1) is 29.1 Å². The van der Waals surface area contributed by atoms with Crippen molar-refractivity contribution < 1.29 is 17.9 Å². The van der Waals surface area contributed by atoms with Crippen molar-refractivity contribution in [2.75, 3.05) is 11.8 Å². The van der Waals surface area contributed by atoms with Crippen molar-refractivity contribution in [2.45, 2.75) is 12.7 Å². The molecule has 2 aromatic carbocycles. The van der Waals surface area contributed by atoms with Gasteiger partial charge in [0.1, 0.15) is 0 Å². The van der Waals surface area contributed by atoms with Crippen LogP contribution in [0.1, 0.15) is 21.5 Å². The van der Waals surface area contributed by atoms with E-state index in [9.17, 15) is 13.2 Å². The van der Waals surface area contributed by atoms with Gasteiger partial charge in [0.2, 0.25) is 10.0 Å². The molecular formula is C16H15BrClNO4S. The van der Waals surface area contributed by atoms with Gasteiger partial charge in [-0.2, -0.15) is 0 Å². The largest absolute Gasteiger partial charge is 0.465 e. The number of halogens is 2. The third kappa shape index (κ3) is 4.72. The number of rotatable bonds is 5. The van der Waals surface area contributed by atoms with Crippen LogP contribution in [0.4, 0.5) is 5.69 Å². The van der Waals surface area contributed by atoms with Gasteiger partial charge in [-0.25, -0.2) is 13.2 Å². The first-order valence-electron chi connectivity index (χ1n) is 6.85. The average molecular weight is 433 g/mol. The molecule has 2 rings (SSSR count). The number of benzene rings is 2. The number of carbonyl (C=O) groups excluding carboxylic acids is 1. The number of esters is 1. The van der Waals surface area contributed by atoms with E-state index in [1.807, 2.05) is 0 Å². The monoisotopic (exact) mass is 431 g/mol. The van der Waals surface area contributed by atoms with Crippen molar-refractivity contribution in [1.29, 1.82) is 0 Å². The normalized spacial score (nSPS) is 11.2. The SMILES string of the molecule is COC(=O)c1cccc(CS(=O)(=O)Nc2c(C)cc(Br)cc2Cl)c1. The van der Waals surface area contributed by atoms with Gasteiger partial charge >= 0.3 is 5.97 Å². The minimum Gasteiger partial charge on any atom is -0.465 e. The molecule has 0 saturated carbocycles. The van der Waals surface area contributed by atoms with Crippen LogP contribution in [0.25, 0.3) is 0 Å². The van der Waals surface area contributed by atoms with Crippen molar-refractivity contribution in [3.05, 3.63) is 62.6 Å². The molecule has 0 spiro atoms. The molecule has 0 radical (unpaired) electrons. The van der Waals surface area contributed by atoms with E-state index in [0.717, 1.165) is 4.47 Å². The standard InChI is InChI=1S/C16H15BrClNO4S/c1-10-6-13(17)8-14(18)15(10)19-24(21,22)9-11-4-3-5-12(7-11)16(20)23-2/h3-8,19H,9H2,1-2H3. The van der Waals surface area contributed by atoms with E-state index in [1.54, 1.807) is 37.3 Å². The summed E-state index contributed by atoms with van der Waals surface area (Å²) in [5.74, 6) is -0.807. The van der Waals surface area contributed by atoms with Gasteiger partial charge in [-0.05, 0) is 42.3 Å². The number of anilines is 1. The summed E-state index contributed by atoms with van der Waals surface area (Å²) in [6.07, 6.45) is 0. The Morgan fingerprint density at radius 1 is 1.29 bits per heavy atom. The molecule has 0 saturated heterocycles. The summed E-state index contributed by atoms with van der Waals surface area (Å²) >= 11 is 9.41. The van der Waals surface area contributed by atoms with Gasteiger partial charge in [-0.3, -0.25) is 4.72 Å². The lowest BCUT2D eigenvalue weighted by atomic mass is 10.1. The Bertz CT molecular complexity index is 860. The fourth-order valence-corrected chi connectivity index (χ4v) is 4.49. The molecule has 0 heterocycles. The highest BCUT2D eigenvalue weighted by Crippen LogP contribution is 2.31. The minimum absolute atomic E-state index is 0.288. The van der Waals surface area contributed by atoms with Gasteiger partial charge in [0, 0.05) is 4.47 Å². The zero-order chi connectivity index (χ0) is 17.9. The van der Waals surface area contributed by atoms with E-state index in [1.165, 1.54) is 13.2 Å². The second kappa shape index (κ2) is 7.55. The highest BCUT2D eigenvalue weighted by atomic mass is 79.9. The summed E-state index contributed by atoms with van der Waals surface area (Å²) in [5.41, 5.74) is 1.80. The first-order valence-corrected chi connectivity index (χ1v) is 9.67. The molecule has 128 valence electrons. The lowest BCUT2D eigenvalue weighted by molar-refractivity contribution is 0.0600. The Labute approximate surface area is 154 Å². The van der Waals surface area contributed by atoms with Gasteiger partial charge in [-0.15, -0.1) is 0 Å². The van der Waals surface area contributed by atoms with Crippen LogP contribution in [0.3, 0.4) is 0 Å². The van der Waals surface area contributed by atoms with Crippen molar-refractivity contribution in [2.24, 2.45) is 0 Å². The van der Waals surface area contributed by atoms with E-state index in [4.69, 9.17) is 11.6 Å². The van der Waals surface area contributed by atoms with Gasteiger partial charge in [-0.1, -0.05) is 39.7 Å². The predicted octanol–water partition coefficient (Wildman–Crippen LogP) is 4.14. The van der Waals surface area contributed by atoms with Crippen LogP contribution < -0.4 is 4.72 Å². The fourth-order valence-electron chi connectivity index (χ4n) is 2.15. The number of hydrogen-bond donors (Lipinski definition) is 1. The Hall–Kier alpha value is -1.57. The maximum Gasteiger partial charge on any atom is 0.337 e. The summed E-state index contributed by atoms with van der Waals surface area (Å²) in [6.45, 7) is 1.76. The third-order valence-electron chi connectivity index (χ3n) is 3.21. The molecule has 1 N–H and O–H groups in total. The first-order chi connectivity index (χ1) is 11.2. The van der Waals surface area contributed by atoms with Gasteiger partial charge < -0.3 is 4.74 Å². The smallest absolute Gasteiger partial charge is 0.337 e. The van der Waals surface area contributed by atoms with Crippen molar-refractivity contribution in [3.63, 3.8) is 0 Å². The highest BCUT2D eigenvalue weighted by Gasteiger charge is 2.17. The van der Waals surface area contributed by atoms with Crippen LogP contribution in [0.2, 0.25) is 5.02 Å². The Morgan fingerprint density at radius 2 is 2.00 bits per heavy atom. The molecule has 0 aliphatic carbocycles. The first kappa shape index (κ1) is 18.8. The number of aryl methyl sites for hydroxylation is 1. The quantitative estimate of drug-likeness (QED) is 0.721. The van der Waals surface area contributed by atoms with Crippen molar-refractivity contribution >= 4 is 49.2 Å². The number of carbonyl (C=O) groups is 1. The second-order valence-electron chi connectivity index (χ2n) is 5.13. The molecule has 5 nitrogen and oxygen atoms in total. The zero-order valence-corrected chi connectivity index (χ0v) is 16.1. The van der Waals surface area contributed by atoms with Crippen molar-refractivity contribution in [1.82, 2.24) is 0 Å². The number of ether oxygens (including phenoxy) is 1. The van der Waals surface area contributed by atoms with Crippen LogP contribution in [-0.2, 0) is 20.5 Å². The van der Waals surface area contributed by atoms with Crippen LogP contribution in [0.15, 0.2) is 40.9 Å². The number of nitrogens with one attached hydrogen (secondary N) is 1. The lowest BCUT2D eigenvalue weighted by Crippen LogP contribution is -2.16. The summed E-state index contributed by atoms with van der Waals surface area (Å²) in [4.78, 5) is 11.5. The molecule has 0 aromatic heterocycles. The number of methoxy groups -OCH3 is 1. The maximum atomic E-state index is 12.4. The molecule has 2 aromatic rings. The predicted molar refractivity (Wildman–Crippen MR) is 97.9 cm³/mol. The fraction of sp³-hybridized carbons (Fsp3) is 0.188. The Kier molecular flexibility index (Phi) is 5.90. The topological polar surface area (TPSA) is 72.5 Å². The zero-order valence-electron chi connectivity index (χ0n) is 13.0. The molecule has 24 heavy (non-hydrogen) atoms. The molecular weight excluding hydrogens is 418 g/mol. The molecule has 0 aliphatic rings. The second-order valence-corrected chi connectivity index (χ2v) is 8.18. The van der Waals surface area contributed by atoms with Crippen LogP contribution in [-0.4, -0.2) is 21.5 Å². The molecule has 0 bridgehead atoms. The molecule has 0 amide bonds. The molecule has 0 fully saturated rings. The van der Waals surface area contributed by atoms with E-state index >= 15 is 0 Å². The Morgan fingerprint density at radius 3 is 2.62 bits per heavy atom. The van der Waals surface area contributed by atoms with Gasteiger partial charge in [0.15, 0.2) is 0 Å². The minimum atomic E-state index is -3.70. The third-order valence-corrected chi connectivity index (χ3v) is 5.20. The van der Waals surface area contributed by atoms with E-state index in [2.05, 4.69) is 25.4 Å². The average Bonchev–Trinajstić information content (AvgIpc) is 2.50. The van der Waals surface area contributed by atoms with Crippen LogP contribution >= 0.6 is 27.5 Å². The van der Waals surface area contributed by atoms with E-state index < -0.39 is 16.0 Å². The van der Waals surface area contributed by atoms with E-state index in [0.29, 0.717) is 27.4 Å². The summed E-state index contributed by atoms with van der Waals surface area (Å²) in [6, 6.07) is 9.66. The van der Waals surface area contributed by atoms with E-state index in [-0.39, 0.29) is 5.75 Å². The lowest BCUT2D eigenvalue weighted by Gasteiger charge is -2.13. The molecule has 0 atom stereocenters. The summed E-state index contributed by atoms with van der Waals surface area (Å²) < 4.78 is 32.7. The van der Waals surface area contributed by atoms with Gasteiger partial charge in [0.25, 0.3) is 0 Å². The van der Waals surface area contributed by atoms with Crippen LogP contribution in [0, 0.1) is 6.92 Å².